The van der Waals surface area contributed by atoms with Crippen molar-refractivity contribution in [3.63, 3.8) is 0 Å². The van der Waals surface area contributed by atoms with E-state index < -0.39 is 13.3 Å². The van der Waals surface area contributed by atoms with Gasteiger partial charge >= 0.3 is 87.8 Å². The molecule has 0 radical (unpaired) electrons. The zero-order chi connectivity index (χ0) is 10.8. The third-order valence-electron chi connectivity index (χ3n) is 2.30. The van der Waals surface area contributed by atoms with E-state index in [4.69, 9.17) is 5.21 Å². The second kappa shape index (κ2) is 4.17. The summed E-state index contributed by atoms with van der Waals surface area (Å²) >= 11 is -1.75. The Kier molecular flexibility index (Phi) is 3.37. The van der Waals surface area contributed by atoms with Crippen molar-refractivity contribution in [2.24, 2.45) is 5.16 Å². The van der Waals surface area contributed by atoms with Gasteiger partial charge in [0.1, 0.15) is 0 Å². The van der Waals surface area contributed by atoms with Crippen LogP contribution < -0.4 is 4.40 Å². The van der Waals surface area contributed by atoms with Gasteiger partial charge in [-0.15, -0.1) is 0 Å². The Balaban J connectivity index is 3.14. The van der Waals surface area contributed by atoms with Crippen molar-refractivity contribution in [2.45, 2.75) is 24.2 Å². The molecule has 0 atom stereocenters. The van der Waals surface area contributed by atoms with E-state index in [9.17, 15) is 0 Å². The number of hydrogen-bond acceptors (Lipinski definition) is 2. The van der Waals surface area contributed by atoms with Crippen molar-refractivity contribution in [3.8, 4) is 0 Å². The van der Waals surface area contributed by atoms with E-state index in [0.29, 0.717) is 5.71 Å². The van der Waals surface area contributed by atoms with Gasteiger partial charge in [-0.1, -0.05) is 0 Å². The van der Waals surface area contributed by atoms with Crippen molar-refractivity contribution in [3.05, 3.63) is 29.8 Å². The van der Waals surface area contributed by atoms with Crippen LogP contribution in [0, 0.1) is 0 Å². The molecule has 0 saturated heterocycles. The van der Waals surface area contributed by atoms with E-state index in [0.717, 1.165) is 5.56 Å². The van der Waals surface area contributed by atoms with Crippen LogP contribution in [0.2, 0.25) is 17.3 Å². The molecule has 0 fully saturated rings. The third kappa shape index (κ3) is 2.61. The van der Waals surface area contributed by atoms with Gasteiger partial charge in [0, 0.05) is 0 Å². The maximum absolute atomic E-state index is 8.69. The van der Waals surface area contributed by atoms with E-state index in [1.54, 1.807) is 0 Å². The molecule has 3 heteroatoms. The summed E-state index contributed by atoms with van der Waals surface area (Å²) in [4.78, 5) is 0. The molecule has 0 heterocycles. The second-order valence-corrected chi connectivity index (χ2v) is 15.2. The van der Waals surface area contributed by atoms with Crippen LogP contribution in [0.4, 0.5) is 0 Å². The van der Waals surface area contributed by atoms with Gasteiger partial charge in [-0.3, -0.25) is 0 Å². The van der Waals surface area contributed by atoms with Gasteiger partial charge in [0.15, 0.2) is 0 Å². The van der Waals surface area contributed by atoms with Crippen molar-refractivity contribution in [1.82, 2.24) is 0 Å². The molecule has 2 nitrogen and oxygen atoms in total. The fraction of sp³-hybridized carbons (Fsp3) is 0.364. The fourth-order valence-electron chi connectivity index (χ4n) is 1.27. The molecule has 1 rings (SSSR count). The van der Waals surface area contributed by atoms with Gasteiger partial charge in [-0.05, 0) is 0 Å². The zero-order valence-corrected chi connectivity index (χ0v) is 11.3. The van der Waals surface area contributed by atoms with Crippen molar-refractivity contribution >= 4 is 23.4 Å². The topological polar surface area (TPSA) is 32.6 Å². The molecule has 0 bridgehead atoms. The molecule has 1 aromatic carbocycles. The number of benzene rings is 1. The molecule has 0 spiro atoms. The number of nitrogens with zero attached hydrogens (tertiary/aromatic N) is 1. The summed E-state index contributed by atoms with van der Waals surface area (Å²) in [7, 11) is 0. The Bertz CT molecular complexity index is 353. The van der Waals surface area contributed by atoms with E-state index >= 15 is 0 Å². The normalized spacial score (nSPS) is 13.0. The Morgan fingerprint density at radius 2 is 1.93 bits per heavy atom. The third-order valence-corrected chi connectivity index (χ3v) is 6.58. The van der Waals surface area contributed by atoms with Crippen LogP contribution >= 0.6 is 0 Å². The summed E-state index contributed by atoms with van der Waals surface area (Å²) in [5.41, 5.74) is 1.70. The minimum absolute atomic E-state index is 0.679. The quantitative estimate of drug-likeness (QED) is 0.372. The number of rotatable bonds is 2. The number of hydrogen-bond donors (Lipinski definition) is 1. The van der Waals surface area contributed by atoms with Gasteiger partial charge in [0.05, 0.1) is 0 Å². The van der Waals surface area contributed by atoms with E-state index in [2.05, 4.69) is 34.6 Å². The van der Waals surface area contributed by atoms with Gasteiger partial charge < -0.3 is 0 Å². The summed E-state index contributed by atoms with van der Waals surface area (Å²) < 4.78 is 1.44. The first-order valence-electron chi connectivity index (χ1n) is 4.74. The van der Waals surface area contributed by atoms with Crippen molar-refractivity contribution in [2.75, 3.05) is 0 Å². The van der Waals surface area contributed by atoms with Gasteiger partial charge in [-0.2, -0.15) is 0 Å². The molecule has 1 N–H and O–H groups in total. The first-order valence-corrected chi connectivity index (χ1v) is 12.1. The van der Waals surface area contributed by atoms with Gasteiger partial charge in [0.2, 0.25) is 0 Å². The molecule has 0 aliphatic rings. The predicted octanol–water partition coefficient (Wildman–Crippen LogP) is 2.43. The average molecular weight is 252 g/mol. The minimum atomic E-state index is -1.75. The van der Waals surface area contributed by atoms with Crippen LogP contribution in [0.25, 0.3) is 0 Å². The van der Waals surface area contributed by atoms with Crippen LogP contribution in [-0.2, 0) is 0 Å². The van der Waals surface area contributed by atoms with E-state index in [-0.39, 0.29) is 0 Å². The molecule has 1 aromatic rings. The number of oxime groups is 1. The Hall–Kier alpha value is -0.767. The molecule has 0 unspecified atom stereocenters. The maximum atomic E-state index is 8.69. The summed E-state index contributed by atoms with van der Waals surface area (Å²) in [5.74, 6) is 7.06. The van der Waals surface area contributed by atoms with Crippen LogP contribution in [0.5, 0.6) is 0 Å². The van der Waals surface area contributed by atoms with Crippen LogP contribution in [0.1, 0.15) is 12.5 Å². The van der Waals surface area contributed by atoms with Crippen LogP contribution in [0.15, 0.2) is 29.4 Å². The Morgan fingerprint density at radius 3 is 2.43 bits per heavy atom. The molecular weight excluding hydrogens is 235 g/mol. The molecule has 0 aliphatic carbocycles. The molecule has 0 aromatic heterocycles. The summed E-state index contributed by atoms with van der Waals surface area (Å²) in [5, 5.41) is 11.9. The monoisotopic (exact) mass is 253 g/mol. The molecule has 0 aliphatic heterocycles. The van der Waals surface area contributed by atoms with Gasteiger partial charge in [-0.25, -0.2) is 0 Å². The van der Waals surface area contributed by atoms with Gasteiger partial charge in [0.25, 0.3) is 0 Å². The summed E-state index contributed by atoms with van der Waals surface area (Å²) in [6, 6.07) is 8.34. The summed E-state index contributed by atoms with van der Waals surface area (Å²) in [6.45, 7) is 1.81. The molecular formula is C11H17GeNO. The van der Waals surface area contributed by atoms with E-state index in [1.807, 2.05) is 19.1 Å². The van der Waals surface area contributed by atoms with Crippen molar-refractivity contribution < 1.29 is 5.21 Å². The molecule has 76 valence electrons. The molecule has 14 heavy (non-hydrogen) atoms. The summed E-state index contributed by atoms with van der Waals surface area (Å²) in [6.07, 6.45) is 0. The molecule has 0 amide bonds. The molecule has 0 saturated carbocycles. The SMILES string of the molecule is CC(=NO)c1ccc[c]([Ge]([CH3])([CH3])[CH3])c1. The first kappa shape index (κ1) is 11.3. The standard InChI is InChI=1S/C11H17GeNO/c1-9(13-14)10-6-5-7-11(8-10)12(2,3)4/h5-8,14H,1-4H3. The predicted molar refractivity (Wildman–Crippen MR) is 63.4 cm³/mol. The Labute approximate surface area is 88.0 Å². The van der Waals surface area contributed by atoms with Crippen molar-refractivity contribution in [1.29, 1.82) is 0 Å². The Morgan fingerprint density at radius 1 is 1.29 bits per heavy atom. The van der Waals surface area contributed by atoms with Crippen LogP contribution in [-0.4, -0.2) is 24.2 Å². The first-order chi connectivity index (χ1) is 6.45. The van der Waals surface area contributed by atoms with E-state index in [1.165, 1.54) is 4.40 Å². The second-order valence-electron chi connectivity index (χ2n) is 4.52. The van der Waals surface area contributed by atoms with Crippen LogP contribution in [0.3, 0.4) is 0 Å². The fourth-order valence-corrected chi connectivity index (χ4v) is 3.75. The average Bonchev–Trinajstić information content (AvgIpc) is 2.15. The zero-order valence-electron chi connectivity index (χ0n) is 9.20.